The predicted molar refractivity (Wildman–Crippen MR) is 151 cm³/mol. The van der Waals surface area contributed by atoms with Gasteiger partial charge in [-0.1, -0.05) is 54.6 Å². The molecule has 0 fully saturated rings. The molecule has 0 unspecified atom stereocenters. The molecule has 0 bridgehead atoms. The van der Waals surface area contributed by atoms with E-state index in [1.54, 1.807) is 36.4 Å². The molecule has 0 aliphatic carbocycles. The molecule has 3 rings (SSSR count). The number of benzene rings is 3. The number of aliphatic carboxylic acids is 1. The second kappa shape index (κ2) is 14.0. The van der Waals surface area contributed by atoms with E-state index in [-0.39, 0.29) is 24.7 Å². The Labute approximate surface area is 226 Å². The first-order chi connectivity index (χ1) is 18.2. The number of phenolic OH excluding ortho intramolecular Hbond substituents is 1. The molecule has 0 saturated heterocycles. The summed E-state index contributed by atoms with van der Waals surface area (Å²) >= 11 is 0. The highest BCUT2D eigenvalue weighted by Crippen LogP contribution is 2.39. The Bertz CT molecular complexity index is 1140. The minimum absolute atomic E-state index is 0.0602. The third-order valence-corrected chi connectivity index (χ3v) is 7.05. The molecule has 0 saturated carbocycles. The van der Waals surface area contributed by atoms with Crippen LogP contribution < -0.4 is 4.74 Å². The van der Waals surface area contributed by atoms with Gasteiger partial charge in [0.1, 0.15) is 11.5 Å². The fourth-order valence-corrected chi connectivity index (χ4v) is 5.26. The van der Waals surface area contributed by atoms with Gasteiger partial charge in [0.2, 0.25) is 0 Å². The van der Waals surface area contributed by atoms with Crippen LogP contribution in [0.3, 0.4) is 0 Å². The Morgan fingerprint density at radius 2 is 1.50 bits per heavy atom. The van der Waals surface area contributed by atoms with Crippen LogP contribution in [0.2, 0.25) is 0 Å². The van der Waals surface area contributed by atoms with Gasteiger partial charge in [0.05, 0.1) is 0 Å². The monoisotopic (exact) mass is 519 g/mol. The highest BCUT2D eigenvalue weighted by Gasteiger charge is 2.29. The summed E-state index contributed by atoms with van der Waals surface area (Å²) in [5.74, 6) is -0.661. The summed E-state index contributed by atoms with van der Waals surface area (Å²) < 4.78 is 5.90. The highest BCUT2D eigenvalue weighted by molar-refractivity contribution is 5.73. The van der Waals surface area contributed by atoms with E-state index in [2.05, 4.69) is 44.7 Å². The first kappa shape index (κ1) is 29.2. The van der Waals surface area contributed by atoms with Gasteiger partial charge in [0, 0.05) is 36.6 Å². The number of carbonyl (C=O) groups is 1. The number of ether oxygens (including phenoxy) is 1. The van der Waals surface area contributed by atoms with Gasteiger partial charge >= 0.3 is 5.97 Å². The average Bonchev–Trinajstić information content (AvgIpc) is 2.89. The third kappa shape index (κ3) is 7.59. The predicted octanol–water partition coefficient (Wildman–Crippen LogP) is 5.64. The minimum atomic E-state index is -1.16. The normalized spacial score (nSPS) is 13.2. The van der Waals surface area contributed by atoms with Crippen LogP contribution in [0, 0.1) is 0 Å². The van der Waals surface area contributed by atoms with Gasteiger partial charge < -0.3 is 20.1 Å². The Morgan fingerprint density at radius 3 is 2.05 bits per heavy atom. The van der Waals surface area contributed by atoms with Crippen molar-refractivity contribution in [1.82, 2.24) is 4.90 Å². The molecule has 6 heteroatoms. The van der Waals surface area contributed by atoms with Crippen molar-refractivity contribution < 1.29 is 24.9 Å². The summed E-state index contributed by atoms with van der Waals surface area (Å²) in [5.41, 5.74) is 3.29. The van der Waals surface area contributed by atoms with Gasteiger partial charge in [0.25, 0.3) is 0 Å². The van der Waals surface area contributed by atoms with Gasteiger partial charge in [-0.15, -0.1) is 0 Å². The molecule has 38 heavy (non-hydrogen) atoms. The fourth-order valence-electron chi connectivity index (χ4n) is 5.26. The van der Waals surface area contributed by atoms with Crippen molar-refractivity contribution in [1.29, 1.82) is 0 Å². The molecule has 0 aliphatic heterocycles. The second-order valence-electron chi connectivity index (χ2n) is 10.2. The first-order valence-corrected chi connectivity index (χ1v) is 13.4. The van der Waals surface area contributed by atoms with E-state index in [0.717, 1.165) is 29.7 Å². The standard InChI is InChI=1S/C32H41NO5/c1-22(2)33(23(3)4)19-17-27(24-11-7-5-8-12-24)31-28(25(18-20-34)15-16-29(31)35)21-30(32(36)37)38-26-13-9-6-10-14-26/h5-16,22-23,27,30,34-35H,17-21H2,1-4H3,(H,36,37)/t27-,30+/m0/s1. The summed E-state index contributed by atoms with van der Waals surface area (Å²) in [4.78, 5) is 14.8. The maximum Gasteiger partial charge on any atom is 0.345 e. The molecule has 0 radical (unpaired) electrons. The molecule has 2 atom stereocenters. The lowest BCUT2D eigenvalue weighted by Gasteiger charge is -2.33. The summed E-state index contributed by atoms with van der Waals surface area (Å²) in [5, 5.41) is 31.2. The van der Waals surface area contributed by atoms with Gasteiger partial charge in [0.15, 0.2) is 6.10 Å². The number of rotatable bonds is 14. The largest absolute Gasteiger partial charge is 0.508 e. The Hall–Kier alpha value is -3.35. The van der Waals surface area contributed by atoms with Crippen molar-refractivity contribution in [3.8, 4) is 11.5 Å². The third-order valence-electron chi connectivity index (χ3n) is 7.05. The Kier molecular flexibility index (Phi) is 10.7. The van der Waals surface area contributed by atoms with E-state index < -0.39 is 12.1 Å². The Balaban J connectivity index is 2.11. The van der Waals surface area contributed by atoms with Crippen molar-refractivity contribution in [3.63, 3.8) is 0 Å². The fraction of sp³-hybridized carbons (Fsp3) is 0.406. The zero-order valence-corrected chi connectivity index (χ0v) is 22.9. The maximum atomic E-state index is 12.3. The van der Waals surface area contributed by atoms with E-state index in [1.807, 2.05) is 24.3 Å². The summed E-state index contributed by atoms with van der Waals surface area (Å²) in [6, 6.07) is 23.1. The SMILES string of the molecule is CC(C)N(CC[C@@H](c1ccccc1)c1c(O)ccc(CCO)c1C[C@@H](Oc1ccccc1)C(=O)O)C(C)C. The quantitative estimate of drug-likeness (QED) is 0.255. The smallest absolute Gasteiger partial charge is 0.345 e. The zero-order chi connectivity index (χ0) is 27.7. The molecule has 204 valence electrons. The molecule has 0 spiro atoms. The first-order valence-electron chi connectivity index (χ1n) is 13.4. The van der Waals surface area contributed by atoms with Gasteiger partial charge in [-0.05, 0) is 82.0 Å². The lowest BCUT2D eigenvalue weighted by atomic mass is 9.81. The number of phenols is 1. The average molecular weight is 520 g/mol. The van der Waals surface area contributed by atoms with Crippen LogP contribution in [-0.4, -0.2) is 57.5 Å². The molecular weight excluding hydrogens is 478 g/mol. The molecule has 0 aliphatic rings. The topological polar surface area (TPSA) is 90.2 Å². The summed E-state index contributed by atoms with van der Waals surface area (Å²) in [7, 11) is 0. The zero-order valence-electron chi connectivity index (χ0n) is 22.9. The van der Waals surface area contributed by atoms with Crippen LogP contribution in [0.25, 0.3) is 0 Å². The van der Waals surface area contributed by atoms with E-state index in [4.69, 9.17) is 4.74 Å². The van der Waals surface area contributed by atoms with E-state index in [9.17, 15) is 20.1 Å². The van der Waals surface area contributed by atoms with Crippen LogP contribution in [-0.2, 0) is 17.6 Å². The number of hydrogen-bond acceptors (Lipinski definition) is 5. The number of aliphatic hydroxyl groups is 1. The molecule has 0 aromatic heterocycles. The molecule has 3 aromatic carbocycles. The molecule has 3 aromatic rings. The molecule has 0 amide bonds. The van der Waals surface area contributed by atoms with Gasteiger partial charge in [-0.25, -0.2) is 4.79 Å². The minimum Gasteiger partial charge on any atom is -0.508 e. The van der Waals surface area contributed by atoms with Crippen molar-refractivity contribution in [2.45, 2.75) is 71.1 Å². The van der Waals surface area contributed by atoms with Crippen molar-refractivity contribution in [3.05, 3.63) is 95.1 Å². The number of aliphatic hydroxyl groups excluding tert-OH is 1. The molecule has 6 nitrogen and oxygen atoms in total. The van der Waals surface area contributed by atoms with Crippen LogP contribution in [0.15, 0.2) is 72.8 Å². The van der Waals surface area contributed by atoms with E-state index in [1.165, 1.54) is 0 Å². The highest BCUT2D eigenvalue weighted by atomic mass is 16.5. The van der Waals surface area contributed by atoms with E-state index in [0.29, 0.717) is 29.8 Å². The summed E-state index contributed by atoms with van der Waals surface area (Å²) in [6.07, 6.45) is -0.00753. The number of hydrogen-bond donors (Lipinski definition) is 3. The second-order valence-corrected chi connectivity index (χ2v) is 10.2. The van der Waals surface area contributed by atoms with Crippen LogP contribution in [0.1, 0.15) is 62.3 Å². The van der Waals surface area contributed by atoms with Crippen molar-refractivity contribution in [2.75, 3.05) is 13.2 Å². The molecular formula is C32H41NO5. The Morgan fingerprint density at radius 1 is 0.895 bits per heavy atom. The van der Waals surface area contributed by atoms with E-state index >= 15 is 0 Å². The number of carboxylic acids is 1. The number of para-hydroxylation sites is 1. The van der Waals surface area contributed by atoms with Crippen molar-refractivity contribution >= 4 is 5.97 Å². The maximum absolute atomic E-state index is 12.3. The summed E-state index contributed by atoms with van der Waals surface area (Å²) in [6.45, 7) is 9.45. The number of carboxylic acid groups (broad SMARTS) is 1. The van der Waals surface area contributed by atoms with Gasteiger partial charge in [-0.2, -0.15) is 0 Å². The number of aromatic hydroxyl groups is 1. The molecule has 3 N–H and O–H groups in total. The van der Waals surface area contributed by atoms with Crippen LogP contribution in [0.4, 0.5) is 0 Å². The van der Waals surface area contributed by atoms with Crippen LogP contribution in [0.5, 0.6) is 11.5 Å². The number of nitrogens with zero attached hydrogens (tertiary/aromatic N) is 1. The van der Waals surface area contributed by atoms with Crippen molar-refractivity contribution in [2.24, 2.45) is 0 Å². The lowest BCUT2D eigenvalue weighted by molar-refractivity contribution is -0.145. The lowest BCUT2D eigenvalue weighted by Crippen LogP contribution is -2.38. The van der Waals surface area contributed by atoms with Crippen LogP contribution >= 0.6 is 0 Å². The molecule has 0 heterocycles. The van der Waals surface area contributed by atoms with Gasteiger partial charge in [-0.3, -0.25) is 4.90 Å².